The van der Waals surface area contributed by atoms with E-state index in [1.54, 1.807) is 0 Å². The third kappa shape index (κ3) is 3.82. The topological polar surface area (TPSA) is 48.1 Å². The second-order valence-electron chi connectivity index (χ2n) is 5.70. The van der Waals surface area contributed by atoms with Gasteiger partial charge in [0, 0.05) is 24.4 Å². The van der Waals surface area contributed by atoms with Gasteiger partial charge in [-0.15, -0.1) is 0 Å². The van der Waals surface area contributed by atoms with Crippen LogP contribution in [0.3, 0.4) is 0 Å². The molecule has 3 heteroatoms. The van der Waals surface area contributed by atoms with Crippen LogP contribution in [0, 0.1) is 0 Å². The zero-order valence-corrected chi connectivity index (χ0v) is 12.3. The van der Waals surface area contributed by atoms with Gasteiger partial charge in [0.25, 0.3) is 0 Å². The first-order chi connectivity index (χ1) is 10.3. The molecule has 0 spiro atoms. The molecule has 0 saturated carbocycles. The summed E-state index contributed by atoms with van der Waals surface area (Å²) in [5.41, 5.74) is 10.1. The van der Waals surface area contributed by atoms with Gasteiger partial charge in [-0.05, 0) is 55.0 Å². The van der Waals surface area contributed by atoms with Gasteiger partial charge in [0.05, 0.1) is 6.61 Å². The minimum absolute atomic E-state index is 0.233. The lowest BCUT2D eigenvalue weighted by molar-refractivity contribution is 0.357. The summed E-state index contributed by atoms with van der Waals surface area (Å²) in [6, 6.07) is 12.8. The van der Waals surface area contributed by atoms with Gasteiger partial charge in [-0.3, -0.25) is 4.98 Å². The van der Waals surface area contributed by atoms with Crippen LogP contribution in [-0.2, 0) is 19.3 Å². The molecule has 0 fully saturated rings. The highest BCUT2D eigenvalue weighted by molar-refractivity contribution is 5.39. The molecule has 21 heavy (non-hydrogen) atoms. The number of aromatic nitrogens is 1. The zero-order valence-electron chi connectivity index (χ0n) is 12.3. The molecule has 1 aliphatic heterocycles. The van der Waals surface area contributed by atoms with Crippen LogP contribution < -0.4 is 10.5 Å². The Balaban J connectivity index is 1.46. The molecule has 3 rings (SSSR count). The summed E-state index contributed by atoms with van der Waals surface area (Å²) in [6.07, 6.45) is 6.89. The number of aryl methyl sites for hydroxylation is 2. The second kappa shape index (κ2) is 6.72. The number of hydrogen-bond acceptors (Lipinski definition) is 3. The molecule has 2 aromatic rings. The van der Waals surface area contributed by atoms with Gasteiger partial charge >= 0.3 is 0 Å². The Kier molecular flexibility index (Phi) is 4.51. The molecule has 2 heterocycles. The number of nitrogens with two attached hydrogens (primary N) is 1. The van der Waals surface area contributed by atoms with E-state index in [2.05, 4.69) is 29.2 Å². The Morgan fingerprint density at radius 1 is 1.14 bits per heavy atom. The third-order valence-electron chi connectivity index (χ3n) is 4.06. The van der Waals surface area contributed by atoms with Crippen molar-refractivity contribution < 1.29 is 4.74 Å². The van der Waals surface area contributed by atoms with E-state index in [1.165, 1.54) is 11.1 Å². The summed E-state index contributed by atoms with van der Waals surface area (Å²) >= 11 is 0. The number of pyridine rings is 1. The summed E-state index contributed by atoms with van der Waals surface area (Å²) < 4.78 is 5.53. The molecule has 3 nitrogen and oxygen atoms in total. The minimum Gasteiger partial charge on any atom is -0.493 e. The van der Waals surface area contributed by atoms with Crippen molar-refractivity contribution in [2.45, 2.75) is 38.1 Å². The highest BCUT2D eigenvalue weighted by Gasteiger charge is 2.12. The maximum Gasteiger partial charge on any atom is 0.122 e. The van der Waals surface area contributed by atoms with E-state index in [0.717, 1.165) is 50.2 Å². The van der Waals surface area contributed by atoms with Gasteiger partial charge in [-0.2, -0.15) is 0 Å². The zero-order chi connectivity index (χ0) is 14.5. The van der Waals surface area contributed by atoms with Crippen molar-refractivity contribution in [2.75, 3.05) is 6.61 Å². The summed E-state index contributed by atoms with van der Waals surface area (Å²) in [5, 5.41) is 0. The maximum atomic E-state index is 6.23. The summed E-state index contributed by atoms with van der Waals surface area (Å²) in [4.78, 5) is 4.34. The van der Waals surface area contributed by atoms with E-state index < -0.39 is 0 Å². The van der Waals surface area contributed by atoms with E-state index in [1.807, 2.05) is 18.3 Å². The highest BCUT2D eigenvalue weighted by atomic mass is 16.5. The second-order valence-corrected chi connectivity index (χ2v) is 5.70. The first-order valence-electron chi connectivity index (χ1n) is 7.71. The first-order valence-corrected chi connectivity index (χ1v) is 7.71. The van der Waals surface area contributed by atoms with Crippen LogP contribution in [0.2, 0.25) is 0 Å². The van der Waals surface area contributed by atoms with Crippen LogP contribution in [0.25, 0.3) is 0 Å². The Morgan fingerprint density at radius 2 is 2.05 bits per heavy atom. The van der Waals surface area contributed by atoms with Gasteiger partial charge in [-0.25, -0.2) is 0 Å². The van der Waals surface area contributed by atoms with Crippen LogP contribution in [-0.4, -0.2) is 17.6 Å². The molecule has 0 saturated heterocycles. The number of benzene rings is 1. The Hall–Kier alpha value is -1.87. The summed E-state index contributed by atoms with van der Waals surface area (Å²) in [7, 11) is 0. The molecule has 1 atom stereocenters. The molecular weight excluding hydrogens is 260 g/mol. The molecule has 0 aliphatic carbocycles. The van der Waals surface area contributed by atoms with Gasteiger partial charge in [0.2, 0.25) is 0 Å². The quantitative estimate of drug-likeness (QED) is 0.886. The van der Waals surface area contributed by atoms with Crippen LogP contribution in [0.5, 0.6) is 5.75 Å². The Labute approximate surface area is 126 Å². The third-order valence-corrected chi connectivity index (χ3v) is 4.06. The van der Waals surface area contributed by atoms with Gasteiger partial charge < -0.3 is 10.5 Å². The fourth-order valence-corrected chi connectivity index (χ4v) is 2.77. The lowest BCUT2D eigenvalue weighted by atomic mass is 9.99. The average Bonchev–Trinajstić information content (AvgIpc) is 2.99. The smallest absolute Gasteiger partial charge is 0.122 e. The van der Waals surface area contributed by atoms with Crippen molar-refractivity contribution in [3.05, 3.63) is 59.4 Å². The van der Waals surface area contributed by atoms with E-state index in [9.17, 15) is 0 Å². The Morgan fingerprint density at radius 3 is 2.90 bits per heavy atom. The maximum absolute atomic E-state index is 6.23. The molecule has 1 unspecified atom stereocenters. The molecule has 1 aromatic carbocycles. The lowest BCUT2D eigenvalue weighted by Gasteiger charge is -2.11. The molecule has 0 bridgehead atoms. The fraction of sp³-hybridized carbons (Fsp3) is 0.389. The number of fused-ring (bicyclic) bond motifs is 1. The molecule has 1 aliphatic rings. The molecular formula is C18H22N2O. The summed E-state index contributed by atoms with van der Waals surface area (Å²) in [6.45, 7) is 0.822. The predicted molar refractivity (Wildman–Crippen MR) is 84.5 cm³/mol. The number of rotatable bonds is 6. The Bertz CT molecular complexity index is 583. The van der Waals surface area contributed by atoms with Crippen molar-refractivity contribution >= 4 is 0 Å². The van der Waals surface area contributed by atoms with Crippen LogP contribution in [0.15, 0.2) is 42.6 Å². The fourth-order valence-electron chi connectivity index (χ4n) is 2.77. The van der Waals surface area contributed by atoms with E-state index in [-0.39, 0.29) is 6.04 Å². The van der Waals surface area contributed by atoms with Crippen LogP contribution in [0.1, 0.15) is 29.7 Å². The van der Waals surface area contributed by atoms with Gasteiger partial charge in [-0.1, -0.05) is 18.2 Å². The van der Waals surface area contributed by atoms with E-state index in [4.69, 9.17) is 10.5 Å². The normalized spacial score (nSPS) is 14.5. The van der Waals surface area contributed by atoms with Crippen molar-refractivity contribution in [3.63, 3.8) is 0 Å². The molecule has 2 N–H and O–H groups in total. The number of hydrogen-bond donors (Lipinski definition) is 1. The average molecular weight is 282 g/mol. The first kappa shape index (κ1) is 14.1. The SMILES string of the molecule is NC(CCc1ccc2c(c1)CCO2)CCc1ccccn1. The number of nitrogens with zero attached hydrogens (tertiary/aromatic N) is 1. The molecule has 0 radical (unpaired) electrons. The van der Waals surface area contributed by atoms with Crippen molar-refractivity contribution in [1.29, 1.82) is 0 Å². The summed E-state index contributed by atoms with van der Waals surface area (Å²) in [5.74, 6) is 1.05. The standard InChI is InChI=1S/C18H22N2O/c19-16(7-8-17-3-1-2-11-20-17)6-4-14-5-9-18-15(13-14)10-12-21-18/h1-3,5,9,11,13,16H,4,6-8,10,12,19H2. The predicted octanol–water partition coefficient (Wildman–Crippen LogP) is 2.91. The van der Waals surface area contributed by atoms with Crippen molar-refractivity contribution in [1.82, 2.24) is 4.98 Å². The molecule has 0 amide bonds. The number of ether oxygens (including phenoxy) is 1. The van der Waals surface area contributed by atoms with Crippen LogP contribution >= 0.6 is 0 Å². The van der Waals surface area contributed by atoms with E-state index >= 15 is 0 Å². The molecule has 1 aromatic heterocycles. The minimum atomic E-state index is 0.233. The largest absolute Gasteiger partial charge is 0.493 e. The van der Waals surface area contributed by atoms with Crippen molar-refractivity contribution in [3.8, 4) is 5.75 Å². The monoisotopic (exact) mass is 282 g/mol. The van der Waals surface area contributed by atoms with Crippen molar-refractivity contribution in [2.24, 2.45) is 5.73 Å². The lowest BCUT2D eigenvalue weighted by Crippen LogP contribution is -2.21. The highest BCUT2D eigenvalue weighted by Crippen LogP contribution is 2.26. The van der Waals surface area contributed by atoms with Gasteiger partial charge in [0.15, 0.2) is 0 Å². The van der Waals surface area contributed by atoms with E-state index in [0.29, 0.717) is 0 Å². The van der Waals surface area contributed by atoms with Crippen LogP contribution in [0.4, 0.5) is 0 Å². The van der Waals surface area contributed by atoms with Gasteiger partial charge in [0.1, 0.15) is 5.75 Å². The molecule has 110 valence electrons.